The quantitative estimate of drug-likeness (QED) is 0.800. The highest BCUT2D eigenvalue weighted by Crippen LogP contribution is 2.22. The van der Waals surface area contributed by atoms with E-state index in [0.717, 1.165) is 0 Å². The summed E-state index contributed by atoms with van der Waals surface area (Å²) < 4.78 is 28.8. The molecule has 3 aromatic rings. The Bertz CT molecular complexity index is 830. The van der Waals surface area contributed by atoms with E-state index in [1.165, 1.54) is 17.3 Å². The fourth-order valence-corrected chi connectivity index (χ4v) is 2.99. The zero-order chi connectivity index (χ0) is 14.7. The molecule has 2 aromatic carbocycles. The average molecular weight is 300 g/mol. The fraction of sp³-hybridized carbons (Fsp3) is 0. The molecule has 1 N–H and O–H groups in total. The van der Waals surface area contributed by atoms with Crippen LogP contribution in [0.2, 0.25) is 0 Å². The van der Waals surface area contributed by atoms with E-state index in [-0.39, 0.29) is 4.90 Å². The van der Waals surface area contributed by atoms with Gasteiger partial charge in [-0.25, -0.2) is 18.1 Å². The predicted octanol–water partition coefficient (Wildman–Crippen LogP) is 2.07. The number of hydrogen-bond acceptors (Lipinski definition) is 4. The third-order valence-electron chi connectivity index (χ3n) is 2.87. The highest BCUT2D eigenvalue weighted by atomic mass is 32.2. The van der Waals surface area contributed by atoms with Gasteiger partial charge >= 0.3 is 0 Å². The second-order valence-electron chi connectivity index (χ2n) is 4.28. The van der Waals surface area contributed by atoms with Crippen LogP contribution in [0.4, 0.5) is 5.69 Å². The lowest BCUT2D eigenvalue weighted by Crippen LogP contribution is -2.14. The van der Waals surface area contributed by atoms with Crippen molar-refractivity contribution >= 4 is 15.7 Å². The standard InChI is InChI=1S/C14H12N4O2S/c19-21(20,12-6-2-1-3-7-12)17-13-8-4-5-9-14(13)18-11-15-10-16-18/h1-11,17H. The molecule has 0 unspecified atom stereocenters. The molecule has 0 aliphatic rings. The van der Waals surface area contributed by atoms with Gasteiger partial charge in [0.2, 0.25) is 0 Å². The molecule has 0 bridgehead atoms. The first-order valence-corrected chi connectivity index (χ1v) is 7.67. The van der Waals surface area contributed by atoms with E-state index in [9.17, 15) is 8.42 Å². The molecule has 1 heterocycles. The van der Waals surface area contributed by atoms with Crippen LogP contribution in [-0.2, 0) is 10.0 Å². The Morgan fingerprint density at radius 2 is 1.67 bits per heavy atom. The monoisotopic (exact) mass is 300 g/mol. The highest BCUT2D eigenvalue weighted by Gasteiger charge is 2.16. The minimum Gasteiger partial charge on any atom is -0.277 e. The van der Waals surface area contributed by atoms with Crippen LogP contribution < -0.4 is 4.72 Å². The normalized spacial score (nSPS) is 11.2. The van der Waals surface area contributed by atoms with Crippen LogP contribution in [0.3, 0.4) is 0 Å². The molecule has 0 amide bonds. The van der Waals surface area contributed by atoms with Crippen LogP contribution in [0, 0.1) is 0 Å². The van der Waals surface area contributed by atoms with Gasteiger partial charge in [0.25, 0.3) is 10.0 Å². The van der Waals surface area contributed by atoms with Crippen molar-refractivity contribution in [1.82, 2.24) is 14.8 Å². The first-order chi connectivity index (χ1) is 10.2. The van der Waals surface area contributed by atoms with Crippen LogP contribution in [0.15, 0.2) is 72.1 Å². The maximum Gasteiger partial charge on any atom is 0.261 e. The molecule has 7 heteroatoms. The smallest absolute Gasteiger partial charge is 0.261 e. The van der Waals surface area contributed by atoms with Gasteiger partial charge in [-0.05, 0) is 24.3 Å². The second-order valence-corrected chi connectivity index (χ2v) is 5.96. The molecular weight excluding hydrogens is 288 g/mol. The molecule has 21 heavy (non-hydrogen) atoms. The third kappa shape index (κ3) is 2.77. The Morgan fingerprint density at radius 1 is 0.952 bits per heavy atom. The van der Waals surface area contributed by atoms with E-state index < -0.39 is 10.0 Å². The summed E-state index contributed by atoms with van der Waals surface area (Å²) in [6.07, 6.45) is 2.90. The molecule has 0 aliphatic heterocycles. The van der Waals surface area contributed by atoms with Gasteiger partial charge in [0.15, 0.2) is 0 Å². The van der Waals surface area contributed by atoms with Gasteiger partial charge in [0, 0.05) is 0 Å². The van der Waals surface area contributed by atoms with Gasteiger partial charge in [-0.2, -0.15) is 5.10 Å². The summed E-state index contributed by atoms with van der Waals surface area (Å²) in [7, 11) is -3.64. The van der Waals surface area contributed by atoms with Crippen LogP contribution >= 0.6 is 0 Å². The van der Waals surface area contributed by atoms with E-state index >= 15 is 0 Å². The summed E-state index contributed by atoms with van der Waals surface area (Å²) in [5.41, 5.74) is 1.04. The van der Waals surface area contributed by atoms with Gasteiger partial charge < -0.3 is 0 Å². The van der Waals surface area contributed by atoms with E-state index in [1.807, 2.05) is 0 Å². The number of nitrogens with one attached hydrogen (secondary N) is 1. The largest absolute Gasteiger partial charge is 0.277 e. The first kappa shape index (κ1) is 13.3. The number of nitrogens with zero attached hydrogens (tertiary/aromatic N) is 3. The number of hydrogen-bond donors (Lipinski definition) is 1. The lowest BCUT2D eigenvalue weighted by Gasteiger charge is -2.12. The van der Waals surface area contributed by atoms with E-state index in [4.69, 9.17) is 0 Å². The molecule has 0 spiro atoms. The minimum atomic E-state index is -3.64. The number of para-hydroxylation sites is 2. The SMILES string of the molecule is O=S(=O)(Nc1ccccc1-n1cncn1)c1ccccc1. The van der Waals surface area contributed by atoms with Crippen molar-refractivity contribution in [2.45, 2.75) is 4.90 Å². The summed E-state index contributed by atoms with van der Waals surface area (Å²) in [6.45, 7) is 0. The third-order valence-corrected chi connectivity index (χ3v) is 4.25. The molecular formula is C14H12N4O2S. The summed E-state index contributed by atoms with van der Waals surface area (Å²) in [5.74, 6) is 0. The topological polar surface area (TPSA) is 76.9 Å². The van der Waals surface area contributed by atoms with Crippen molar-refractivity contribution in [3.8, 4) is 5.69 Å². The number of anilines is 1. The molecule has 0 saturated carbocycles. The summed E-state index contributed by atoms with van der Waals surface area (Å²) in [6, 6.07) is 15.2. The van der Waals surface area contributed by atoms with Crippen LogP contribution in [0.5, 0.6) is 0 Å². The zero-order valence-electron chi connectivity index (χ0n) is 10.9. The maximum absolute atomic E-state index is 12.4. The summed E-state index contributed by atoms with van der Waals surface area (Å²) >= 11 is 0. The molecule has 0 fully saturated rings. The average Bonchev–Trinajstić information content (AvgIpc) is 3.02. The van der Waals surface area contributed by atoms with Crippen molar-refractivity contribution in [3.05, 3.63) is 67.3 Å². The molecule has 1 aromatic heterocycles. The fourth-order valence-electron chi connectivity index (χ4n) is 1.90. The number of rotatable bonds is 4. The Labute approximate surface area is 122 Å². The molecule has 0 aliphatic carbocycles. The molecule has 106 valence electrons. The Kier molecular flexibility index (Phi) is 3.41. The van der Waals surface area contributed by atoms with Gasteiger partial charge in [-0.3, -0.25) is 4.72 Å². The second kappa shape index (κ2) is 5.37. The minimum absolute atomic E-state index is 0.207. The van der Waals surface area contributed by atoms with E-state index in [1.54, 1.807) is 54.6 Å². The van der Waals surface area contributed by atoms with Crippen LogP contribution in [0.1, 0.15) is 0 Å². The van der Waals surface area contributed by atoms with Crippen molar-refractivity contribution < 1.29 is 8.42 Å². The molecule has 0 saturated heterocycles. The predicted molar refractivity (Wildman–Crippen MR) is 78.6 cm³/mol. The Hall–Kier alpha value is -2.67. The van der Waals surface area contributed by atoms with Gasteiger partial charge in [-0.15, -0.1) is 0 Å². The lowest BCUT2D eigenvalue weighted by molar-refractivity contribution is 0.601. The molecule has 0 radical (unpaired) electrons. The van der Waals surface area contributed by atoms with E-state index in [0.29, 0.717) is 11.4 Å². The molecule has 3 rings (SSSR count). The maximum atomic E-state index is 12.4. The van der Waals surface area contributed by atoms with Crippen molar-refractivity contribution in [2.75, 3.05) is 4.72 Å². The van der Waals surface area contributed by atoms with Crippen LogP contribution in [-0.4, -0.2) is 23.2 Å². The van der Waals surface area contributed by atoms with E-state index in [2.05, 4.69) is 14.8 Å². The van der Waals surface area contributed by atoms with Crippen LogP contribution in [0.25, 0.3) is 5.69 Å². The number of benzene rings is 2. The molecule has 6 nitrogen and oxygen atoms in total. The number of aromatic nitrogens is 3. The molecule has 0 atom stereocenters. The number of sulfonamides is 1. The summed E-state index contributed by atoms with van der Waals surface area (Å²) in [5, 5.41) is 4.02. The lowest BCUT2D eigenvalue weighted by atomic mass is 10.3. The Balaban J connectivity index is 2.00. The van der Waals surface area contributed by atoms with Gasteiger partial charge in [-0.1, -0.05) is 30.3 Å². The van der Waals surface area contributed by atoms with Gasteiger partial charge in [0.05, 0.1) is 16.3 Å². The van der Waals surface area contributed by atoms with Gasteiger partial charge in [0.1, 0.15) is 12.7 Å². The van der Waals surface area contributed by atoms with Crippen molar-refractivity contribution in [1.29, 1.82) is 0 Å². The summed E-state index contributed by atoms with van der Waals surface area (Å²) in [4.78, 5) is 4.08. The Morgan fingerprint density at radius 3 is 2.38 bits per heavy atom. The zero-order valence-corrected chi connectivity index (χ0v) is 11.7. The first-order valence-electron chi connectivity index (χ1n) is 6.19. The van der Waals surface area contributed by atoms with Crippen molar-refractivity contribution in [3.63, 3.8) is 0 Å². The van der Waals surface area contributed by atoms with Crippen molar-refractivity contribution in [2.24, 2.45) is 0 Å². The highest BCUT2D eigenvalue weighted by molar-refractivity contribution is 7.92.